The lowest BCUT2D eigenvalue weighted by atomic mass is 9.99. The molecule has 8 nitrogen and oxygen atoms in total. The Bertz CT molecular complexity index is 244. The molecule has 80 valence electrons. The summed E-state index contributed by atoms with van der Waals surface area (Å²) in [7, 11) is 0. The van der Waals surface area contributed by atoms with Gasteiger partial charge in [-0.1, -0.05) is 5.11 Å². The number of hydrogen-bond acceptors (Lipinski definition) is 6. The van der Waals surface area contributed by atoms with Gasteiger partial charge in [0.2, 0.25) is 0 Å². The van der Waals surface area contributed by atoms with Crippen LogP contribution in [0.2, 0.25) is 0 Å². The van der Waals surface area contributed by atoms with Crippen molar-refractivity contribution < 1.29 is 25.2 Å². The van der Waals surface area contributed by atoms with Gasteiger partial charge in [0.1, 0.15) is 18.3 Å². The smallest absolute Gasteiger partial charge is 0.183 e. The molecule has 0 aromatic heterocycles. The van der Waals surface area contributed by atoms with Crippen LogP contribution in [0.1, 0.15) is 0 Å². The standard InChI is InChI=1S/C6H11N3O5/c7-9-8-1-2-3(10)4(11)5(12)6(13)14-2/h2-6,10-13H,1H2/t2-,3?,4?,5?,6?/m1/s1. The van der Waals surface area contributed by atoms with Crippen molar-refractivity contribution in [3.05, 3.63) is 10.4 Å². The maximum Gasteiger partial charge on any atom is 0.183 e. The van der Waals surface area contributed by atoms with Crippen molar-refractivity contribution in [3.8, 4) is 0 Å². The summed E-state index contributed by atoms with van der Waals surface area (Å²) in [6.45, 7) is -0.224. The highest BCUT2D eigenvalue weighted by Crippen LogP contribution is 2.19. The normalized spacial score (nSPS) is 43.0. The van der Waals surface area contributed by atoms with Crippen molar-refractivity contribution >= 4 is 0 Å². The first-order valence-corrected chi connectivity index (χ1v) is 3.96. The third kappa shape index (κ3) is 2.13. The first-order valence-electron chi connectivity index (χ1n) is 3.96. The highest BCUT2D eigenvalue weighted by molar-refractivity contribution is 4.89. The summed E-state index contributed by atoms with van der Waals surface area (Å²) in [5.41, 5.74) is 8.01. The largest absolute Gasteiger partial charge is 0.388 e. The zero-order valence-corrected chi connectivity index (χ0v) is 7.13. The van der Waals surface area contributed by atoms with E-state index in [1.807, 2.05) is 0 Å². The van der Waals surface area contributed by atoms with Crippen molar-refractivity contribution in [2.75, 3.05) is 6.54 Å². The fourth-order valence-electron chi connectivity index (χ4n) is 1.20. The second-order valence-corrected chi connectivity index (χ2v) is 2.95. The van der Waals surface area contributed by atoms with Crippen LogP contribution < -0.4 is 0 Å². The van der Waals surface area contributed by atoms with Crippen LogP contribution in [0, 0.1) is 0 Å². The molecule has 0 spiro atoms. The van der Waals surface area contributed by atoms with Crippen molar-refractivity contribution in [1.82, 2.24) is 0 Å². The van der Waals surface area contributed by atoms with Crippen LogP contribution in [0.4, 0.5) is 0 Å². The molecule has 0 aromatic carbocycles. The Morgan fingerprint density at radius 2 is 1.79 bits per heavy atom. The zero-order chi connectivity index (χ0) is 10.7. The second kappa shape index (κ2) is 4.56. The number of aliphatic hydroxyl groups is 4. The Hall–Kier alpha value is -0.890. The summed E-state index contributed by atoms with van der Waals surface area (Å²) in [5, 5.41) is 39.8. The van der Waals surface area contributed by atoms with E-state index < -0.39 is 30.7 Å². The predicted molar refractivity (Wildman–Crippen MR) is 42.9 cm³/mol. The fourth-order valence-corrected chi connectivity index (χ4v) is 1.20. The maximum absolute atomic E-state index is 9.32. The van der Waals surface area contributed by atoms with E-state index in [1.165, 1.54) is 0 Å². The Labute approximate surface area is 79.0 Å². The molecule has 1 rings (SSSR count). The van der Waals surface area contributed by atoms with Crippen LogP contribution in [0.5, 0.6) is 0 Å². The number of aliphatic hydroxyl groups excluding tert-OH is 4. The maximum atomic E-state index is 9.32. The summed E-state index contributed by atoms with van der Waals surface area (Å²) in [4.78, 5) is 2.44. The van der Waals surface area contributed by atoms with Crippen LogP contribution in [-0.4, -0.2) is 57.7 Å². The molecule has 0 amide bonds. The second-order valence-electron chi connectivity index (χ2n) is 2.95. The molecule has 0 radical (unpaired) electrons. The van der Waals surface area contributed by atoms with Gasteiger partial charge >= 0.3 is 0 Å². The van der Waals surface area contributed by atoms with E-state index in [1.54, 1.807) is 0 Å². The highest BCUT2D eigenvalue weighted by atomic mass is 16.6. The van der Waals surface area contributed by atoms with Gasteiger partial charge in [-0.25, -0.2) is 0 Å². The van der Waals surface area contributed by atoms with Gasteiger partial charge in [-0.2, -0.15) is 0 Å². The molecule has 1 heterocycles. The minimum atomic E-state index is -1.59. The quantitative estimate of drug-likeness (QED) is 0.237. The predicted octanol–water partition coefficient (Wildman–Crippen LogP) is -1.90. The molecule has 14 heavy (non-hydrogen) atoms. The summed E-state index contributed by atoms with van der Waals surface area (Å²) >= 11 is 0. The van der Waals surface area contributed by atoms with Crippen LogP contribution in [0.25, 0.3) is 10.4 Å². The molecule has 0 aromatic rings. The number of nitrogens with zero attached hydrogens (tertiary/aromatic N) is 3. The number of azide groups is 1. The van der Waals surface area contributed by atoms with Crippen molar-refractivity contribution in [2.45, 2.75) is 30.7 Å². The third-order valence-corrected chi connectivity index (χ3v) is 2.01. The lowest BCUT2D eigenvalue weighted by Crippen LogP contribution is -2.58. The van der Waals surface area contributed by atoms with E-state index in [2.05, 4.69) is 10.0 Å². The average molecular weight is 205 g/mol. The number of hydrogen-bond donors (Lipinski definition) is 4. The molecular weight excluding hydrogens is 194 g/mol. The Morgan fingerprint density at radius 3 is 2.36 bits per heavy atom. The summed E-state index contributed by atoms with van der Waals surface area (Å²) in [5.74, 6) is 0. The van der Waals surface area contributed by atoms with Gasteiger partial charge in [0.05, 0.1) is 12.6 Å². The third-order valence-electron chi connectivity index (χ3n) is 2.01. The summed E-state index contributed by atoms with van der Waals surface area (Å²) in [6.07, 6.45) is -7.07. The number of rotatable bonds is 2. The minimum Gasteiger partial charge on any atom is -0.388 e. The van der Waals surface area contributed by atoms with Gasteiger partial charge in [0, 0.05) is 4.91 Å². The first kappa shape index (κ1) is 11.2. The van der Waals surface area contributed by atoms with Crippen LogP contribution in [0.15, 0.2) is 5.11 Å². The average Bonchev–Trinajstić information content (AvgIpc) is 2.18. The lowest BCUT2D eigenvalue weighted by Gasteiger charge is -2.37. The Kier molecular flexibility index (Phi) is 3.64. The van der Waals surface area contributed by atoms with E-state index in [0.717, 1.165) is 0 Å². The van der Waals surface area contributed by atoms with Gasteiger partial charge in [0.25, 0.3) is 0 Å². The molecule has 1 saturated heterocycles. The van der Waals surface area contributed by atoms with Crippen LogP contribution in [-0.2, 0) is 4.74 Å². The van der Waals surface area contributed by atoms with Crippen molar-refractivity contribution in [3.63, 3.8) is 0 Å². The summed E-state index contributed by atoms with van der Waals surface area (Å²) in [6, 6.07) is 0. The number of ether oxygens (including phenoxy) is 1. The van der Waals surface area contributed by atoms with Crippen molar-refractivity contribution in [2.24, 2.45) is 5.11 Å². The first-order chi connectivity index (χ1) is 6.57. The van der Waals surface area contributed by atoms with Gasteiger partial charge < -0.3 is 25.2 Å². The lowest BCUT2D eigenvalue weighted by molar-refractivity contribution is -0.279. The van der Waals surface area contributed by atoms with Gasteiger partial charge in [-0.15, -0.1) is 0 Å². The zero-order valence-electron chi connectivity index (χ0n) is 7.13. The topological polar surface area (TPSA) is 139 Å². The minimum absolute atomic E-state index is 0.224. The molecule has 1 aliphatic heterocycles. The molecule has 0 bridgehead atoms. The molecule has 1 fully saturated rings. The highest BCUT2D eigenvalue weighted by Gasteiger charge is 2.42. The molecule has 4 unspecified atom stereocenters. The van der Waals surface area contributed by atoms with Gasteiger partial charge in [-0.05, 0) is 5.53 Å². The fraction of sp³-hybridized carbons (Fsp3) is 1.00. The Balaban J connectivity index is 2.64. The van der Waals surface area contributed by atoms with E-state index in [0.29, 0.717) is 0 Å². The van der Waals surface area contributed by atoms with Crippen LogP contribution >= 0.6 is 0 Å². The monoisotopic (exact) mass is 205 g/mol. The van der Waals surface area contributed by atoms with Gasteiger partial charge in [0.15, 0.2) is 6.29 Å². The SMILES string of the molecule is [N-]=[N+]=NC[C@H]1OC(O)C(O)C(O)C1O. The molecular formula is C6H11N3O5. The molecule has 1 aliphatic rings. The van der Waals surface area contributed by atoms with E-state index >= 15 is 0 Å². The van der Waals surface area contributed by atoms with Crippen LogP contribution in [0.3, 0.4) is 0 Å². The van der Waals surface area contributed by atoms with E-state index in [4.69, 9.17) is 20.5 Å². The summed E-state index contributed by atoms with van der Waals surface area (Å²) < 4.78 is 4.71. The molecule has 0 aliphatic carbocycles. The molecule has 4 N–H and O–H groups in total. The molecule has 5 atom stereocenters. The molecule has 0 saturated carbocycles. The van der Waals surface area contributed by atoms with E-state index in [-0.39, 0.29) is 6.54 Å². The van der Waals surface area contributed by atoms with E-state index in [9.17, 15) is 10.2 Å². The van der Waals surface area contributed by atoms with Gasteiger partial charge in [-0.3, -0.25) is 0 Å². The van der Waals surface area contributed by atoms with Crippen molar-refractivity contribution in [1.29, 1.82) is 0 Å². The Morgan fingerprint density at radius 1 is 1.14 bits per heavy atom. The molecule has 8 heteroatoms.